The van der Waals surface area contributed by atoms with Crippen LogP contribution in [0.4, 0.5) is 5.69 Å². The Labute approximate surface area is 271 Å². The molecule has 1 fully saturated rings. The lowest BCUT2D eigenvalue weighted by Crippen LogP contribution is -2.39. The van der Waals surface area contributed by atoms with Crippen LogP contribution in [-0.2, 0) is 27.3 Å². The molecule has 1 aliphatic carbocycles. The van der Waals surface area contributed by atoms with Crippen molar-refractivity contribution in [3.05, 3.63) is 131 Å². The van der Waals surface area contributed by atoms with Crippen LogP contribution in [0.1, 0.15) is 59.2 Å². The molecule has 1 aliphatic rings. The summed E-state index contributed by atoms with van der Waals surface area (Å²) in [5, 5.41) is 3.25. The fourth-order valence-corrected chi connectivity index (χ4v) is 5.99. The van der Waals surface area contributed by atoms with E-state index < -0.39 is 12.0 Å². The number of hydrogen-bond donors (Lipinski definition) is 1. The van der Waals surface area contributed by atoms with Crippen LogP contribution >= 0.6 is 0 Å². The highest BCUT2D eigenvalue weighted by molar-refractivity contribution is 6.12. The van der Waals surface area contributed by atoms with E-state index in [1.165, 1.54) is 13.5 Å². The third-order valence-corrected chi connectivity index (χ3v) is 8.50. The van der Waals surface area contributed by atoms with E-state index in [1.807, 2.05) is 71.6 Å². The number of carbonyl (C=O) groups excluding carboxylic acids is 3. The molecule has 1 atom stereocenters. The largest absolute Gasteiger partial charge is 0.492 e. The maximum Gasteiger partial charge on any atom is 0.328 e. The number of ketones is 1. The van der Waals surface area contributed by atoms with Gasteiger partial charge in [-0.05, 0) is 48.2 Å². The highest BCUT2D eigenvalue weighted by Crippen LogP contribution is 2.26. The minimum atomic E-state index is -0.709. The Morgan fingerprint density at radius 2 is 1.43 bits per heavy atom. The van der Waals surface area contributed by atoms with Gasteiger partial charge in [0.1, 0.15) is 18.4 Å². The molecule has 0 spiro atoms. The minimum absolute atomic E-state index is 0.0940. The Morgan fingerprint density at radius 1 is 0.783 bits per heavy atom. The normalized spacial score (nSPS) is 13.8. The summed E-state index contributed by atoms with van der Waals surface area (Å²) in [6, 6.07) is 33.2. The van der Waals surface area contributed by atoms with Crippen molar-refractivity contribution in [2.24, 2.45) is 5.92 Å². The Bertz CT molecular complexity index is 1570. The zero-order valence-electron chi connectivity index (χ0n) is 26.4. The van der Waals surface area contributed by atoms with Crippen LogP contribution < -0.4 is 10.1 Å². The van der Waals surface area contributed by atoms with Gasteiger partial charge in [0.15, 0.2) is 5.78 Å². The van der Waals surface area contributed by atoms with E-state index in [4.69, 9.17) is 9.47 Å². The number of nitrogens with one attached hydrogen (secondary N) is 1. The summed E-state index contributed by atoms with van der Waals surface area (Å²) in [6.45, 7) is 1.45. The first-order valence-corrected chi connectivity index (χ1v) is 16.1. The molecule has 1 amide bonds. The summed E-state index contributed by atoms with van der Waals surface area (Å²) in [4.78, 5) is 41.4. The standard InChI is InChI=1S/C39H42N2O5/c1-45-39(44)36(40-35-20-12-11-19-34(35)37(42)31-15-7-3-8-16-31)27-29-21-23-33(24-22-29)46-26-25-41(28-30-13-5-2-6-14-30)38(43)32-17-9-4-10-18-32/h2-3,5-8,11-16,19-24,32,36,40H,4,9-10,17-18,25-28H2,1H3/t36-/m0/s1. The van der Waals surface area contributed by atoms with Crippen LogP contribution in [0.2, 0.25) is 0 Å². The molecule has 7 heteroatoms. The van der Waals surface area contributed by atoms with Gasteiger partial charge in [-0.1, -0.05) is 104 Å². The summed E-state index contributed by atoms with van der Waals surface area (Å²) in [6.07, 6.45) is 5.71. The zero-order chi connectivity index (χ0) is 32.1. The molecule has 0 unspecified atom stereocenters. The van der Waals surface area contributed by atoms with E-state index in [9.17, 15) is 14.4 Å². The van der Waals surface area contributed by atoms with Crippen molar-refractivity contribution in [1.82, 2.24) is 4.90 Å². The molecule has 0 bridgehead atoms. The highest BCUT2D eigenvalue weighted by Gasteiger charge is 2.26. The van der Waals surface area contributed by atoms with Crippen molar-refractivity contribution in [2.45, 2.75) is 51.1 Å². The van der Waals surface area contributed by atoms with Gasteiger partial charge in [-0.15, -0.1) is 0 Å². The third-order valence-electron chi connectivity index (χ3n) is 8.50. The van der Waals surface area contributed by atoms with Crippen molar-refractivity contribution in [3.8, 4) is 5.75 Å². The zero-order valence-corrected chi connectivity index (χ0v) is 26.4. The van der Waals surface area contributed by atoms with Crippen molar-refractivity contribution in [1.29, 1.82) is 0 Å². The van der Waals surface area contributed by atoms with E-state index in [2.05, 4.69) is 17.4 Å². The lowest BCUT2D eigenvalue weighted by molar-refractivity contribution is -0.141. The van der Waals surface area contributed by atoms with E-state index >= 15 is 0 Å². The van der Waals surface area contributed by atoms with Crippen molar-refractivity contribution >= 4 is 23.3 Å². The average molecular weight is 619 g/mol. The molecule has 1 saturated carbocycles. The first-order chi connectivity index (χ1) is 22.5. The Hall–Kier alpha value is -4.91. The smallest absolute Gasteiger partial charge is 0.328 e. The first-order valence-electron chi connectivity index (χ1n) is 16.1. The van der Waals surface area contributed by atoms with Crippen LogP contribution in [0.25, 0.3) is 0 Å². The maximum atomic E-state index is 13.4. The molecule has 4 aromatic rings. The average Bonchev–Trinajstić information content (AvgIpc) is 3.12. The summed E-state index contributed by atoms with van der Waals surface area (Å²) in [5.41, 5.74) is 3.63. The number of hydrogen-bond acceptors (Lipinski definition) is 6. The van der Waals surface area contributed by atoms with E-state index in [0.717, 1.165) is 36.8 Å². The lowest BCUT2D eigenvalue weighted by atomic mass is 9.88. The van der Waals surface area contributed by atoms with Crippen molar-refractivity contribution in [3.63, 3.8) is 0 Å². The van der Waals surface area contributed by atoms with Crippen LogP contribution in [0.5, 0.6) is 5.75 Å². The number of anilines is 1. The van der Waals surface area contributed by atoms with Gasteiger partial charge >= 0.3 is 5.97 Å². The molecule has 0 saturated heterocycles. The van der Waals surface area contributed by atoms with Gasteiger partial charge in [0.05, 0.1) is 13.7 Å². The molecule has 0 aliphatic heterocycles. The molecule has 1 N–H and O–H groups in total. The van der Waals surface area contributed by atoms with E-state index in [-0.39, 0.29) is 17.6 Å². The van der Waals surface area contributed by atoms with Gasteiger partial charge in [-0.3, -0.25) is 9.59 Å². The number of methoxy groups -OCH3 is 1. The van der Waals surface area contributed by atoms with Crippen LogP contribution in [0, 0.1) is 5.92 Å². The molecular weight excluding hydrogens is 576 g/mol. The number of benzene rings is 4. The van der Waals surface area contributed by atoms with Crippen molar-refractivity contribution < 1.29 is 23.9 Å². The molecule has 0 radical (unpaired) electrons. The molecule has 238 valence electrons. The summed E-state index contributed by atoms with van der Waals surface area (Å²) >= 11 is 0. The Balaban J connectivity index is 1.21. The Kier molecular flexibility index (Phi) is 11.6. The molecular formula is C39H42N2O5. The van der Waals surface area contributed by atoms with Crippen LogP contribution in [0.15, 0.2) is 109 Å². The maximum absolute atomic E-state index is 13.4. The fourth-order valence-electron chi connectivity index (χ4n) is 5.99. The number of rotatable bonds is 14. The molecule has 5 rings (SSSR count). The number of esters is 1. The highest BCUT2D eigenvalue weighted by atomic mass is 16.5. The number of para-hydroxylation sites is 1. The van der Waals surface area contributed by atoms with Gasteiger partial charge in [-0.2, -0.15) is 0 Å². The second kappa shape index (κ2) is 16.4. The summed E-state index contributed by atoms with van der Waals surface area (Å²) in [7, 11) is 1.36. The topological polar surface area (TPSA) is 84.9 Å². The fraction of sp³-hybridized carbons (Fsp3) is 0.308. The van der Waals surface area contributed by atoms with E-state index in [1.54, 1.807) is 30.3 Å². The van der Waals surface area contributed by atoms with Gasteiger partial charge in [0.25, 0.3) is 0 Å². The summed E-state index contributed by atoms with van der Waals surface area (Å²) < 4.78 is 11.2. The van der Waals surface area contributed by atoms with E-state index in [0.29, 0.717) is 48.7 Å². The second-order valence-corrected chi connectivity index (χ2v) is 11.7. The van der Waals surface area contributed by atoms with Gasteiger partial charge in [0, 0.05) is 35.7 Å². The monoisotopic (exact) mass is 618 g/mol. The number of amides is 1. The molecule has 0 heterocycles. The summed E-state index contributed by atoms with van der Waals surface area (Å²) in [5.74, 6) is 0.447. The molecule has 7 nitrogen and oxygen atoms in total. The van der Waals surface area contributed by atoms with Gasteiger partial charge in [0.2, 0.25) is 5.91 Å². The first kappa shape index (κ1) is 32.5. The number of carbonyl (C=O) groups is 3. The number of nitrogens with zero attached hydrogens (tertiary/aromatic N) is 1. The lowest BCUT2D eigenvalue weighted by Gasteiger charge is -2.29. The van der Waals surface area contributed by atoms with Gasteiger partial charge < -0.3 is 19.7 Å². The van der Waals surface area contributed by atoms with Crippen molar-refractivity contribution in [2.75, 3.05) is 25.6 Å². The van der Waals surface area contributed by atoms with Crippen LogP contribution in [-0.4, -0.2) is 48.9 Å². The molecule has 0 aromatic heterocycles. The second-order valence-electron chi connectivity index (χ2n) is 11.7. The quantitative estimate of drug-likeness (QED) is 0.120. The minimum Gasteiger partial charge on any atom is -0.492 e. The molecule has 46 heavy (non-hydrogen) atoms. The third kappa shape index (κ3) is 8.84. The predicted octanol–water partition coefficient (Wildman–Crippen LogP) is 7.10. The predicted molar refractivity (Wildman–Crippen MR) is 180 cm³/mol. The molecule has 4 aromatic carbocycles. The van der Waals surface area contributed by atoms with Crippen LogP contribution in [0.3, 0.4) is 0 Å². The Morgan fingerprint density at radius 3 is 2.13 bits per heavy atom. The number of ether oxygens (including phenoxy) is 2. The van der Waals surface area contributed by atoms with Gasteiger partial charge in [-0.25, -0.2) is 4.79 Å². The SMILES string of the molecule is COC(=O)[C@H](Cc1ccc(OCCN(Cc2ccccc2)C(=O)C2CCCCC2)cc1)Nc1ccccc1C(=O)c1ccccc1.